The van der Waals surface area contributed by atoms with Gasteiger partial charge in [0.05, 0.1) is 5.52 Å². The van der Waals surface area contributed by atoms with Crippen molar-refractivity contribution < 1.29 is 4.79 Å². The number of H-pyrrole nitrogens is 1. The maximum Gasteiger partial charge on any atom is 0.275 e. The molecule has 1 aromatic carbocycles. The van der Waals surface area contributed by atoms with Crippen LogP contribution in [0.3, 0.4) is 0 Å². The van der Waals surface area contributed by atoms with Crippen LogP contribution in [0.1, 0.15) is 42.6 Å². The Bertz CT molecular complexity index is 796. The fourth-order valence-corrected chi connectivity index (χ4v) is 4.85. The number of carbonyl (C=O) groups is 1. The van der Waals surface area contributed by atoms with Crippen molar-refractivity contribution in [1.82, 2.24) is 20.0 Å². The highest BCUT2D eigenvalue weighted by molar-refractivity contribution is 6.04. The van der Waals surface area contributed by atoms with Gasteiger partial charge in [-0.15, -0.1) is 0 Å². The number of aromatic nitrogens is 2. The van der Waals surface area contributed by atoms with Crippen molar-refractivity contribution in [1.29, 1.82) is 0 Å². The molecule has 1 N–H and O–H groups in total. The van der Waals surface area contributed by atoms with Crippen LogP contribution in [0, 0.1) is 11.3 Å². The van der Waals surface area contributed by atoms with Crippen molar-refractivity contribution in [2.45, 2.75) is 32.1 Å². The predicted octanol–water partition coefficient (Wildman–Crippen LogP) is 2.90. The lowest BCUT2D eigenvalue weighted by Gasteiger charge is -2.40. The Balaban J connectivity index is 1.32. The third-order valence-corrected chi connectivity index (χ3v) is 6.35. The van der Waals surface area contributed by atoms with E-state index in [2.05, 4.69) is 15.1 Å². The number of amides is 1. The quantitative estimate of drug-likeness (QED) is 0.936. The van der Waals surface area contributed by atoms with Crippen LogP contribution < -0.4 is 0 Å². The molecule has 1 saturated carbocycles. The third-order valence-electron chi connectivity index (χ3n) is 6.35. The Kier molecular flexibility index (Phi) is 3.59. The molecule has 0 radical (unpaired) electrons. The fourth-order valence-electron chi connectivity index (χ4n) is 4.85. The standard InChI is InChI=1S/C20H26N4O/c25-19(18-16-4-1-2-5-17(16)21-22-18)24-11-9-20(14-24)8-3-10-23(13-20)12-15-6-7-15/h1-2,4-5,15H,3,6-14H2,(H,21,22)/t20-/m1/s1. The number of nitrogens with one attached hydrogen (secondary N) is 1. The van der Waals surface area contributed by atoms with Gasteiger partial charge in [0.1, 0.15) is 0 Å². The molecule has 5 nitrogen and oxygen atoms in total. The lowest BCUT2D eigenvalue weighted by molar-refractivity contribution is 0.0678. The van der Waals surface area contributed by atoms with Crippen molar-refractivity contribution in [3.05, 3.63) is 30.0 Å². The van der Waals surface area contributed by atoms with Gasteiger partial charge in [-0.3, -0.25) is 9.89 Å². The SMILES string of the molecule is O=C(c1n[nH]c2ccccc12)N1CC[C@@]2(CCCN(CC3CC3)C2)C1. The molecule has 0 unspecified atom stereocenters. The van der Waals surface area contributed by atoms with E-state index in [4.69, 9.17) is 0 Å². The predicted molar refractivity (Wildman–Crippen MR) is 97.4 cm³/mol. The first-order valence-electron chi connectivity index (χ1n) is 9.67. The molecular weight excluding hydrogens is 312 g/mol. The van der Waals surface area contributed by atoms with Gasteiger partial charge in [0.2, 0.25) is 0 Å². The Morgan fingerprint density at radius 2 is 2.08 bits per heavy atom. The van der Waals surface area contributed by atoms with Crippen molar-refractivity contribution in [3.8, 4) is 0 Å². The normalized spacial score (nSPS) is 27.4. The fraction of sp³-hybridized carbons (Fsp3) is 0.600. The monoisotopic (exact) mass is 338 g/mol. The minimum Gasteiger partial charge on any atom is -0.337 e. The lowest BCUT2D eigenvalue weighted by atomic mass is 9.79. The van der Waals surface area contributed by atoms with Crippen LogP contribution in [-0.2, 0) is 0 Å². The topological polar surface area (TPSA) is 52.2 Å². The summed E-state index contributed by atoms with van der Waals surface area (Å²) in [6.07, 6.45) is 6.52. The molecule has 1 atom stereocenters. The van der Waals surface area contributed by atoms with Crippen LogP contribution in [0.4, 0.5) is 0 Å². The van der Waals surface area contributed by atoms with Gasteiger partial charge in [-0.05, 0) is 50.6 Å². The summed E-state index contributed by atoms with van der Waals surface area (Å²) < 4.78 is 0. The van der Waals surface area contributed by atoms with Gasteiger partial charge < -0.3 is 9.80 Å². The molecule has 1 spiro atoms. The number of nitrogens with zero attached hydrogens (tertiary/aromatic N) is 3. The summed E-state index contributed by atoms with van der Waals surface area (Å²) in [4.78, 5) is 17.8. The van der Waals surface area contributed by atoms with Gasteiger partial charge in [0, 0.05) is 37.0 Å². The molecule has 1 amide bonds. The largest absolute Gasteiger partial charge is 0.337 e. The maximum absolute atomic E-state index is 13.0. The maximum atomic E-state index is 13.0. The molecule has 0 bridgehead atoms. The van der Waals surface area contributed by atoms with Gasteiger partial charge >= 0.3 is 0 Å². The minimum absolute atomic E-state index is 0.0913. The van der Waals surface area contributed by atoms with E-state index in [1.165, 1.54) is 45.3 Å². The number of rotatable bonds is 3. The summed E-state index contributed by atoms with van der Waals surface area (Å²) in [5.74, 6) is 1.04. The number of piperidine rings is 1. The highest BCUT2D eigenvalue weighted by Crippen LogP contribution is 2.41. The lowest BCUT2D eigenvalue weighted by Crippen LogP contribution is -2.46. The number of benzene rings is 1. The van der Waals surface area contributed by atoms with Crippen LogP contribution in [0.5, 0.6) is 0 Å². The van der Waals surface area contributed by atoms with Crippen molar-refractivity contribution in [3.63, 3.8) is 0 Å². The smallest absolute Gasteiger partial charge is 0.275 e. The van der Waals surface area contributed by atoms with Crippen molar-refractivity contribution in [2.24, 2.45) is 11.3 Å². The second kappa shape index (κ2) is 5.84. The van der Waals surface area contributed by atoms with Gasteiger partial charge in [-0.2, -0.15) is 5.10 Å². The molecule has 3 aliphatic rings. The van der Waals surface area contributed by atoms with E-state index >= 15 is 0 Å². The first kappa shape index (κ1) is 15.4. The zero-order valence-electron chi connectivity index (χ0n) is 14.7. The number of carbonyl (C=O) groups excluding carboxylic acids is 1. The van der Waals surface area contributed by atoms with E-state index in [1.54, 1.807) is 0 Å². The van der Waals surface area contributed by atoms with Crippen LogP contribution in [0.2, 0.25) is 0 Å². The zero-order valence-corrected chi connectivity index (χ0v) is 14.7. The number of para-hydroxylation sites is 1. The summed E-state index contributed by atoms with van der Waals surface area (Å²) in [5.41, 5.74) is 1.83. The molecule has 1 aliphatic carbocycles. The van der Waals surface area contributed by atoms with Crippen molar-refractivity contribution >= 4 is 16.8 Å². The zero-order chi connectivity index (χ0) is 16.9. The van der Waals surface area contributed by atoms with E-state index in [-0.39, 0.29) is 5.91 Å². The first-order valence-corrected chi connectivity index (χ1v) is 9.67. The van der Waals surface area contributed by atoms with Gasteiger partial charge in [0.15, 0.2) is 5.69 Å². The Morgan fingerprint density at radius 1 is 1.20 bits per heavy atom. The molecule has 5 rings (SSSR count). The average molecular weight is 338 g/mol. The molecule has 132 valence electrons. The molecule has 3 heterocycles. The molecular formula is C20H26N4O. The molecule has 5 heteroatoms. The van der Waals surface area contributed by atoms with Crippen LogP contribution >= 0.6 is 0 Å². The number of hydrogen-bond donors (Lipinski definition) is 1. The van der Waals surface area contributed by atoms with E-state index in [0.717, 1.165) is 36.3 Å². The summed E-state index contributed by atoms with van der Waals surface area (Å²) in [6.45, 7) is 5.47. The number of aromatic amines is 1. The molecule has 3 fully saturated rings. The summed E-state index contributed by atoms with van der Waals surface area (Å²) in [7, 11) is 0. The van der Waals surface area contributed by atoms with Crippen LogP contribution in [0.15, 0.2) is 24.3 Å². The number of likely N-dealkylation sites (tertiary alicyclic amines) is 2. The highest BCUT2D eigenvalue weighted by Gasteiger charge is 2.44. The summed E-state index contributed by atoms with van der Waals surface area (Å²) in [6, 6.07) is 7.89. The second-order valence-corrected chi connectivity index (χ2v) is 8.38. The van der Waals surface area contributed by atoms with E-state index in [9.17, 15) is 4.79 Å². The molecule has 1 aromatic heterocycles. The van der Waals surface area contributed by atoms with Crippen LogP contribution in [-0.4, -0.2) is 58.6 Å². The van der Waals surface area contributed by atoms with E-state index < -0.39 is 0 Å². The third kappa shape index (κ3) is 2.84. The molecule has 2 saturated heterocycles. The Hall–Kier alpha value is -1.88. The van der Waals surface area contributed by atoms with E-state index in [1.807, 2.05) is 29.2 Å². The number of hydrogen-bond acceptors (Lipinski definition) is 3. The number of fused-ring (bicyclic) bond motifs is 1. The van der Waals surface area contributed by atoms with Crippen molar-refractivity contribution in [2.75, 3.05) is 32.7 Å². The first-order chi connectivity index (χ1) is 12.2. The minimum atomic E-state index is 0.0913. The van der Waals surface area contributed by atoms with Gasteiger partial charge in [0.25, 0.3) is 5.91 Å². The molecule has 2 aliphatic heterocycles. The highest BCUT2D eigenvalue weighted by atomic mass is 16.2. The average Bonchev–Trinajstić information content (AvgIpc) is 3.19. The second-order valence-electron chi connectivity index (χ2n) is 8.38. The van der Waals surface area contributed by atoms with Gasteiger partial charge in [-0.25, -0.2) is 0 Å². The summed E-state index contributed by atoms with van der Waals surface area (Å²) >= 11 is 0. The van der Waals surface area contributed by atoms with E-state index in [0.29, 0.717) is 11.1 Å². The Morgan fingerprint density at radius 3 is 2.96 bits per heavy atom. The van der Waals surface area contributed by atoms with Crippen LogP contribution in [0.25, 0.3) is 10.9 Å². The molecule has 2 aromatic rings. The van der Waals surface area contributed by atoms with Gasteiger partial charge in [-0.1, -0.05) is 18.2 Å². The summed E-state index contributed by atoms with van der Waals surface area (Å²) in [5, 5.41) is 8.24. The Labute approximate surface area is 148 Å². The molecule has 25 heavy (non-hydrogen) atoms.